The zero-order chi connectivity index (χ0) is 23.3. The number of benzene rings is 3. The minimum absolute atomic E-state index is 0.105. The molecule has 1 N–H and O–H groups in total. The number of methoxy groups -OCH3 is 1. The zero-order valence-electron chi connectivity index (χ0n) is 18.1. The molecule has 3 aromatic rings. The van der Waals surface area contributed by atoms with Gasteiger partial charge in [0, 0.05) is 5.69 Å². The van der Waals surface area contributed by atoms with E-state index in [2.05, 4.69) is 19.2 Å². The fourth-order valence-electron chi connectivity index (χ4n) is 3.14. The van der Waals surface area contributed by atoms with E-state index in [1.807, 2.05) is 12.1 Å². The van der Waals surface area contributed by atoms with E-state index >= 15 is 0 Å². The van der Waals surface area contributed by atoms with Gasteiger partial charge < -0.3 is 10.1 Å². The molecule has 0 aromatic heterocycles. The van der Waals surface area contributed by atoms with Crippen molar-refractivity contribution in [2.24, 2.45) is 0 Å². The van der Waals surface area contributed by atoms with Gasteiger partial charge in [-0.15, -0.1) is 0 Å². The number of halogens is 1. The average Bonchev–Trinajstić information content (AvgIpc) is 2.78. The van der Waals surface area contributed by atoms with Crippen LogP contribution in [0.5, 0.6) is 5.75 Å². The predicted octanol–water partition coefficient (Wildman–Crippen LogP) is 5.31. The van der Waals surface area contributed by atoms with E-state index in [0.717, 1.165) is 9.87 Å². The molecule has 0 saturated carbocycles. The number of carbonyl (C=O) groups excluding carboxylic acids is 1. The summed E-state index contributed by atoms with van der Waals surface area (Å²) in [6.45, 7) is 3.71. The van der Waals surface area contributed by atoms with E-state index in [1.54, 1.807) is 48.5 Å². The van der Waals surface area contributed by atoms with Gasteiger partial charge in [-0.1, -0.05) is 55.8 Å². The van der Waals surface area contributed by atoms with Crippen molar-refractivity contribution in [1.29, 1.82) is 0 Å². The molecule has 0 unspecified atom stereocenters. The number of hydrogen-bond donors (Lipinski definition) is 1. The molecular formula is C24H25ClN2O4S. The van der Waals surface area contributed by atoms with Crippen molar-refractivity contribution in [3.63, 3.8) is 0 Å². The molecule has 0 aliphatic rings. The van der Waals surface area contributed by atoms with Gasteiger partial charge in [-0.3, -0.25) is 9.10 Å². The predicted molar refractivity (Wildman–Crippen MR) is 128 cm³/mol. The highest BCUT2D eigenvalue weighted by atomic mass is 35.5. The van der Waals surface area contributed by atoms with Crippen LogP contribution in [-0.4, -0.2) is 28.0 Å². The number of sulfonamides is 1. The van der Waals surface area contributed by atoms with Gasteiger partial charge in [-0.25, -0.2) is 8.42 Å². The number of ether oxygens (including phenoxy) is 1. The van der Waals surface area contributed by atoms with Gasteiger partial charge in [0.1, 0.15) is 12.3 Å². The van der Waals surface area contributed by atoms with Crippen LogP contribution in [0.3, 0.4) is 0 Å². The monoisotopic (exact) mass is 472 g/mol. The van der Waals surface area contributed by atoms with Crippen molar-refractivity contribution in [2.75, 3.05) is 23.3 Å². The number of carbonyl (C=O) groups is 1. The van der Waals surface area contributed by atoms with Crippen LogP contribution in [0, 0.1) is 0 Å². The Balaban J connectivity index is 1.92. The van der Waals surface area contributed by atoms with Gasteiger partial charge in [-0.05, 0) is 53.9 Å². The van der Waals surface area contributed by atoms with Gasteiger partial charge in [0.25, 0.3) is 10.0 Å². The Labute approximate surface area is 193 Å². The fourth-order valence-corrected chi connectivity index (χ4v) is 4.84. The highest BCUT2D eigenvalue weighted by molar-refractivity contribution is 7.92. The molecule has 0 saturated heterocycles. The second-order valence-electron chi connectivity index (χ2n) is 7.47. The van der Waals surface area contributed by atoms with Crippen LogP contribution >= 0.6 is 11.6 Å². The van der Waals surface area contributed by atoms with E-state index in [1.165, 1.54) is 19.2 Å². The van der Waals surface area contributed by atoms with Crippen molar-refractivity contribution in [1.82, 2.24) is 0 Å². The lowest BCUT2D eigenvalue weighted by atomic mass is 10.0. The first-order valence-electron chi connectivity index (χ1n) is 10.0. The molecule has 1 amide bonds. The molecule has 0 aliphatic carbocycles. The van der Waals surface area contributed by atoms with Crippen LogP contribution < -0.4 is 14.4 Å². The molecule has 0 aliphatic heterocycles. The maximum Gasteiger partial charge on any atom is 0.264 e. The summed E-state index contributed by atoms with van der Waals surface area (Å²) < 4.78 is 33.0. The molecule has 0 heterocycles. The summed E-state index contributed by atoms with van der Waals surface area (Å²) in [4.78, 5) is 12.9. The van der Waals surface area contributed by atoms with E-state index in [0.29, 0.717) is 28.1 Å². The summed E-state index contributed by atoms with van der Waals surface area (Å²) in [6.07, 6.45) is 0. The third-order valence-electron chi connectivity index (χ3n) is 4.90. The summed E-state index contributed by atoms with van der Waals surface area (Å²) in [5, 5.41) is 3.04. The molecular weight excluding hydrogens is 448 g/mol. The third-order valence-corrected chi connectivity index (χ3v) is 6.99. The minimum atomic E-state index is -3.97. The van der Waals surface area contributed by atoms with Crippen molar-refractivity contribution in [3.05, 3.63) is 83.4 Å². The van der Waals surface area contributed by atoms with Gasteiger partial charge >= 0.3 is 0 Å². The Hall–Kier alpha value is -3.03. The number of amides is 1. The Kier molecular flexibility index (Phi) is 7.43. The Morgan fingerprint density at radius 2 is 1.69 bits per heavy atom. The quantitative estimate of drug-likeness (QED) is 0.482. The molecule has 0 radical (unpaired) electrons. The number of hydrogen-bond acceptors (Lipinski definition) is 4. The van der Waals surface area contributed by atoms with E-state index in [-0.39, 0.29) is 4.90 Å². The van der Waals surface area contributed by atoms with E-state index in [9.17, 15) is 13.2 Å². The van der Waals surface area contributed by atoms with Gasteiger partial charge in [0.15, 0.2) is 0 Å². The number of nitrogens with zero attached hydrogens (tertiary/aromatic N) is 1. The fraction of sp³-hybridized carbons (Fsp3) is 0.208. The topological polar surface area (TPSA) is 75.7 Å². The lowest BCUT2D eigenvalue weighted by Gasteiger charge is -2.24. The maximum atomic E-state index is 13.4. The largest absolute Gasteiger partial charge is 0.495 e. The molecule has 0 bridgehead atoms. The summed E-state index contributed by atoms with van der Waals surface area (Å²) in [6, 6.07) is 20.0. The molecule has 0 spiro atoms. The average molecular weight is 473 g/mol. The first kappa shape index (κ1) is 23.6. The normalized spacial score (nSPS) is 11.3. The van der Waals surface area contributed by atoms with E-state index in [4.69, 9.17) is 16.3 Å². The standard InChI is InChI=1S/C24H25ClN2O4S/c1-17(2)18-9-12-20(13-10-18)27(32(29,30)21-7-5-4-6-8-21)16-24(28)26-19-11-14-23(31-3)22(25)15-19/h4-15,17H,16H2,1-3H3,(H,26,28). The highest BCUT2D eigenvalue weighted by Crippen LogP contribution is 2.28. The first-order chi connectivity index (χ1) is 15.2. The molecule has 3 aromatic carbocycles. The van der Waals surface area contributed by atoms with Crippen LogP contribution in [0.25, 0.3) is 0 Å². The van der Waals surface area contributed by atoms with Crippen molar-refractivity contribution in [3.8, 4) is 5.75 Å². The highest BCUT2D eigenvalue weighted by Gasteiger charge is 2.27. The second-order valence-corrected chi connectivity index (χ2v) is 9.74. The molecule has 168 valence electrons. The summed E-state index contributed by atoms with van der Waals surface area (Å²) in [5.74, 6) is 0.271. The van der Waals surface area contributed by atoms with Gasteiger partial charge in [0.2, 0.25) is 5.91 Å². The van der Waals surface area contributed by atoms with Crippen LogP contribution in [0.1, 0.15) is 25.3 Å². The minimum Gasteiger partial charge on any atom is -0.495 e. The van der Waals surface area contributed by atoms with Crippen LogP contribution in [-0.2, 0) is 14.8 Å². The Bertz CT molecular complexity index is 1180. The maximum absolute atomic E-state index is 13.4. The van der Waals surface area contributed by atoms with Crippen LogP contribution in [0.2, 0.25) is 5.02 Å². The smallest absolute Gasteiger partial charge is 0.264 e. The molecule has 8 heteroatoms. The third kappa shape index (κ3) is 5.41. The van der Waals surface area contributed by atoms with Crippen molar-refractivity contribution < 1.29 is 17.9 Å². The second kappa shape index (κ2) is 10.1. The van der Waals surface area contributed by atoms with Gasteiger partial charge in [-0.2, -0.15) is 0 Å². The zero-order valence-corrected chi connectivity index (χ0v) is 19.7. The van der Waals surface area contributed by atoms with Crippen LogP contribution in [0.15, 0.2) is 77.7 Å². The summed E-state index contributed by atoms with van der Waals surface area (Å²) in [5.41, 5.74) is 1.91. The molecule has 6 nitrogen and oxygen atoms in total. The SMILES string of the molecule is COc1ccc(NC(=O)CN(c2ccc(C(C)C)cc2)S(=O)(=O)c2ccccc2)cc1Cl. The number of nitrogens with one attached hydrogen (secondary N) is 1. The van der Waals surface area contributed by atoms with Crippen molar-refractivity contribution >= 4 is 38.9 Å². The summed E-state index contributed by atoms with van der Waals surface area (Å²) in [7, 11) is -2.47. The molecule has 0 atom stereocenters. The van der Waals surface area contributed by atoms with E-state index < -0.39 is 22.5 Å². The van der Waals surface area contributed by atoms with Crippen molar-refractivity contribution in [2.45, 2.75) is 24.7 Å². The Morgan fingerprint density at radius 1 is 1.03 bits per heavy atom. The first-order valence-corrected chi connectivity index (χ1v) is 11.9. The lowest BCUT2D eigenvalue weighted by Crippen LogP contribution is -2.38. The van der Waals surface area contributed by atoms with Gasteiger partial charge in [0.05, 0.1) is 22.7 Å². The summed E-state index contributed by atoms with van der Waals surface area (Å²) >= 11 is 6.12. The number of rotatable bonds is 8. The molecule has 0 fully saturated rings. The Morgan fingerprint density at radius 3 is 2.25 bits per heavy atom. The molecule has 3 rings (SSSR count). The number of anilines is 2. The van der Waals surface area contributed by atoms with Crippen LogP contribution in [0.4, 0.5) is 11.4 Å². The molecule has 32 heavy (non-hydrogen) atoms. The lowest BCUT2D eigenvalue weighted by molar-refractivity contribution is -0.114.